The van der Waals surface area contributed by atoms with Crippen LogP contribution in [0.1, 0.15) is 6.92 Å². The Morgan fingerprint density at radius 2 is 2.24 bits per heavy atom. The summed E-state index contributed by atoms with van der Waals surface area (Å²) in [4.78, 5) is 23.8. The molecular formula is C11H10BrN2O3. The number of imide groups is 1. The Balaban J connectivity index is 2.27. The van der Waals surface area contributed by atoms with E-state index in [9.17, 15) is 9.59 Å². The molecule has 2 rings (SSSR count). The van der Waals surface area contributed by atoms with E-state index in [0.29, 0.717) is 22.5 Å². The van der Waals surface area contributed by atoms with E-state index >= 15 is 0 Å². The van der Waals surface area contributed by atoms with E-state index in [-0.39, 0.29) is 6.54 Å². The van der Waals surface area contributed by atoms with Crippen LogP contribution in [0.5, 0.6) is 5.75 Å². The van der Waals surface area contributed by atoms with Crippen LogP contribution in [0, 0.1) is 0 Å². The molecule has 0 aliphatic carbocycles. The van der Waals surface area contributed by atoms with Gasteiger partial charge in [0, 0.05) is 4.47 Å². The number of urea groups is 1. The van der Waals surface area contributed by atoms with Gasteiger partial charge in [-0.3, -0.25) is 9.69 Å². The van der Waals surface area contributed by atoms with Gasteiger partial charge in [-0.25, -0.2) is 4.79 Å². The van der Waals surface area contributed by atoms with Crippen molar-refractivity contribution in [2.45, 2.75) is 6.92 Å². The molecule has 1 saturated heterocycles. The standard InChI is InChI=1S/C11H10BrN2O3/c1-2-17-7-3-4-9(8(12)5-7)14-6-10(15)13-11(14)16/h3-5H,2,6H2,1H3. The van der Waals surface area contributed by atoms with E-state index in [2.05, 4.69) is 21.2 Å². The maximum atomic E-state index is 11.4. The Morgan fingerprint density at radius 1 is 1.47 bits per heavy atom. The number of hydrogen-bond acceptors (Lipinski definition) is 3. The molecule has 0 aromatic heterocycles. The molecule has 3 amide bonds. The molecule has 0 atom stereocenters. The predicted molar refractivity (Wildman–Crippen MR) is 65.2 cm³/mol. The van der Waals surface area contributed by atoms with Crippen LogP contribution in [-0.4, -0.2) is 25.1 Å². The van der Waals surface area contributed by atoms with Gasteiger partial charge in [-0.05, 0) is 41.1 Å². The number of ether oxygens (including phenoxy) is 1. The molecule has 1 heterocycles. The van der Waals surface area contributed by atoms with Crippen LogP contribution in [-0.2, 0) is 4.79 Å². The Bertz CT molecular complexity index is 476. The number of amides is 3. The van der Waals surface area contributed by atoms with Gasteiger partial charge in [-0.2, -0.15) is 5.32 Å². The van der Waals surface area contributed by atoms with Gasteiger partial charge in [0.15, 0.2) is 0 Å². The molecule has 1 aromatic carbocycles. The first-order valence-corrected chi connectivity index (χ1v) is 5.89. The molecule has 1 aromatic rings. The third kappa shape index (κ3) is 2.41. The molecular weight excluding hydrogens is 288 g/mol. The van der Waals surface area contributed by atoms with Crippen molar-refractivity contribution >= 4 is 33.6 Å². The van der Waals surface area contributed by atoms with Crippen molar-refractivity contribution in [1.82, 2.24) is 5.32 Å². The second kappa shape index (κ2) is 4.75. The third-order valence-corrected chi connectivity index (χ3v) is 2.90. The van der Waals surface area contributed by atoms with Gasteiger partial charge in [0.25, 0.3) is 5.91 Å². The van der Waals surface area contributed by atoms with E-state index in [1.165, 1.54) is 4.90 Å². The van der Waals surface area contributed by atoms with Gasteiger partial charge in [-0.15, -0.1) is 0 Å². The molecule has 0 bridgehead atoms. The second-order valence-corrected chi connectivity index (χ2v) is 4.27. The number of hydrogen-bond donors (Lipinski definition) is 0. The average Bonchev–Trinajstić information content (AvgIpc) is 2.58. The number of halogens is 1. The topological polar surface area (TPSA) is 60.7 Å². The summed E-state index contributed by atoms with van der Waals surface area (Å²) in [6.45, 7) is 2.46. The lowest BCUT2D eigenvalue weighted by Crippen LogP contribution is -2.25. The number of carbonyl (C=O) groups excluding carboxylic acids is 2. The normalized spacial score (nSPS) is 15.1. The summed E-state index contributed by atoms with van der Waals surface area (Å²) in [6, 6.07) is 4.70. The van der Waals surface area contributed by atoms with Crippen molar-refractivity contribution in [2.75, 3.05) is 18.1 Å². The highest BCUT2D eigenvalue weighted by Gasteiger charge is 2.31. The zero-order valence-corrected chi connectivity index (χ0v) is 10.7. The quantitative estimate of drug-likeness (QED) is 0.801. The van der Waals surface area contributed by atoms with Crippen LogP contribution in [0.25, 0.3) is 0 Å². The van der Waals surface area contributed by atoms with Crippen LogP contribution in [0.15, 0.2) is 22.7 Å². The molecule has 1 aliphatic rings. The van der Waals surface area contributed by atoms with E-state index in [4.69, 9.17) is 4.74 Å². The molecule has 89 valence electrons. The molecule has 5 nitrogen and oxygen atoms in total. The zero-order chi connectivity index (χ0) is 12.4. The van der Waals surface area contributed by atoms with E-state index in [1.807, 2.05) is 6.92 Å². The molecule has 17 heavy (non-hydrogen) atoms. The third-order valence-electron chi connectivity index (χ3n) is 2.27. The number of rotatable bonds is 3. The number of anilines is 1. The fourth-order valence-corrected chi connectivity index (χ4v) is 2.13. The molecule has 6 heteroatoms. The minimum Gasteiger partial charge on any atom is -0.494 e. The first-order valence-electron chi connectivity index (χ1n) is 5.10. The number of benzene rings is 1. The summed E-state index contributed by atoms with van der Waals surface area (Å²) in [5.74, 6) is 0.286. The highest BCUT2D eigenvalue weighted by atomic mass is 79.9. The van der Waals surface area contributed by atoms with Gasteiger partial charge < -0.3 is 4.74 Å². The molecule has 0 saturated carbocycles. The summed E-state index contributed by atoms with van der Waals surface area (Å²) in [6.07, 6.45) is 0. The van der Waals surface area contributed by atoms with Crippen molar-refractivity contribution in [1.29, 1.82) is 0 Å². The predicted octanol–water partition coefficient (Wildman–Crippen LogP) is 1.92. The second-order valence-electron chi connectivity index (χ2n) is 3.42. The maximum Gasteiger partial charge on any atom is 0.351 e. The number of nitrogens with zero attached hydrogens (tertiary/aromatic N) is 2. The van der Waals surface area contributed by atoms with Crippen molar-refractivity contribution in [2.24, 2.45) is 0 Å². The smallest absolute Gasteiger partial charge is 0.351 e. The van der Waals surface area contributed by atoms with Crippen molar-refractivity contribution in [3.8, 4) is 5.75 Å². The van der Waals surface area contributed by atoms with Crippen LogP contribution in [0.3, 0.4) is 0 Å². The lowest BCUT2D eigenvalue weighted by Gasteiger charge is -2.15. The Morgan fingerprint density at radius 3 is 2.76 bits per heavy atom. The Hall–Kier alpha value is -1.56. The lowest BCUT2D eigenvalue weighted by atomic mass is 10.3. The molecule has 1 fully saturated rings. The monoisotopic (exact) mass is 297 g/mol. The first-order chi connectivity index (χ1) is 8.11. The Kier molecular flexibility index (Phi) is 3.33. The van der Waals surface area contributed by atoms with Gasteiger partial charge in [0.1, 0.15) is 12.3 Å². The van der Waals surface area contributed by atoms with Crippen LogP contribution < -0.4 is 15.0 Å². The Labute approximate surface area is 107 Å². The highest BCUT2D eigenvalue weighted by molar-refractivity contribution is 9.10. The van der Waals surface area contributed by atoms with Crippen LogP contribution in [0.2, 0.25) is 0 Å². The van der Waals surface area contributed by atoms with E-state index < -0.39 is 11.9 Å². The summed E-state index contributed by atoms with van der Waals surface area (Å²) >= 11 is 3.35. The van der Waals surface area contributed by atoms with Gasteiger partial charge in [0.2, 0.25) is 0 Å². The lowest BCUT2D eigenvalue weighted by molar-refractivity contribution is -0.117. The minimum absolute atomic E-state index is 0.00852. The van der Waals surface area contributed by atoms with E-state index in [1.54, 1.807) is 18.2 Å². The zero-order valence-electron chi connectivity index (χ0n) is 9.14. The highest BCUT2D eigenvalue weighted by Crippen LogP contribution is 2.31. The molecule has 1 radical (unpaired) electrons. The van der Waals surface area contributed by atoms with Crippen molar-refractivity contribution in [3.05, 3.63) is 22.7 Å². The molecule has 0 unspecified atom stereocenters. The molecule has 0 N–H and O–H groups in total. The van der Waals surface area contributed by atoms with Crippen molar-refractivity contribution < 1.29 is 14.3 Å². The first kappa shape index (κ1) is 11.9. The molecule has 1 aliphatic heterocycles. The van der Waals surface area contributed by atoms with Gasteiger partial charge >= 0.3 is 6.03 Å². The van der Waals surface area contributed by atoms with Gasteiger partial charge in [0.05, 0.1) is 12.3 Å². The summed E-state index contributed by atoms with van der Waals surface area (Å²) in [7, 11) is 0. The van der Waals surface area contributed by atoms with Crippen molar-refractivity contribution in [3.63, 3.8) is 0 Å². The van der Waals surface area contributed by atoms with E-state index in [0.717, 1.165) is 0 Å². The number of carbonyl (C=O) groups is 2. The molecule has 0 spiro atoms. The maximum absolute atomic E-state index is 11.4. The minimum atomic E-state index is -0.528. The SMILES string of the molecule is CCOc1ccc(N2CC(=O)[N]C2=O)c(Br)c1. The van der Waals surface area contributed by atoms with Crippen LogP contribution >= 0.6 is 15.9 Å². The summed E-state index contributed by atoms with van der Waals surface area (Å²) in [5.41, 5.74) is 0.619. The fraction of sp³-hybridized carbons (Fsp3) is 0.273. The largest absolute Gasteiger partial charge is 0.494 e. The van der Waals surface area contributed by atoms with Gasteiger partial charge in [-0.1, -0.05) is 0 Å². The average molecular weight is 298 g/mol. The summed E-state index contributed by atoms with van der Waals surface area (Å²) in [5, 5.41) is 3.34. The summed E-state index contributed by atoms with van der Waals surface area (Å²) < 4.78 is 6.02. The van der Waals surface area contributed by atoms with Crippen LogP contribution in [0.4, 0.5) is 10.5 Å². The fourth-order valence-electron chi connectivity index (χ4n) is 1.56.